The van der Waals surface area contributed by atoms with Crippen LogP contribution in [0.1, 0.15) is 37.5 Å². The number of primary amides is 1. The molecule has 26 heavy (non-hydrogen) atoms. The van der Waals surface area contributed by atoms with Crippen molar-refractivity contribution in [2.75, 3.05) is 0 Å². The van der Waals surface area contributed by atoms with Crippen LogP contribution < -0.4 is 5.73 Å². The summed E-state index contributed by atoms with van der Waals surface area (Å²) in [6.45, 7) is 6.36. The van der Waals surface area contributed by atoms with Crippen molar-refractivity contribution in [3.63, 3.8) is 0 Å². The van der Waals surface area contributed by atoms with E-state index in [2.05, 4.69) is 20.8 Å². The molecule has 3 rings (SSSR count). The molecule has 0 spiro atoms. The lowest BCUT2D eigenvalue weighted by Gasteiger charge is -2.34. The normalized spacial score (nSPS) is 18.3. The van der Waals surface area contributed by atoms with Crippen LogP contribution >= 0.6 is 0 Å². The van der Waals surface area contributed by atoms with Crippen molar-refractivity contribution < 1.29 is 13.2 Å². The Hall–Kier alpha value is -2.18. The molecule has 2 aromatic carbocycles. The summed E-state index contributed by atoms with van der Waals surface area (Å²) in [4.78, 5) is 12.1. The Balaban J connectivity index is 2.01. The molecular formula is C20H24N2O3S. The maximum atomic E-state index is 13.2. The molecule has 1 aliphatic heterocycles. The fraction of sp³-hybridized carbons (Fsp3) is 0.350. The zero-order chi connectivity index (χ0) is 19.1. The fourth-order valence-electron chi connectivity index (χ4n) is 3.26. The molecule has 0 aromatic heterocycles. The molecular weight excluding hydrogens is 348 g/mol. The molecule has 1 aliphatic rings. The van der Waals surface area contributed by atoms with Crippen molar-refractivity contribution in [3.05, 3.63) is 65.2 Å². The Labute approximate surface area is 154 Å². The van der Waals surface area contributed by atoms with Gasteiger partial charge in [0.05, 0.1) is 4.90 Å². The number of benzene rings is 2. The topological polar surface area (TPSA) is 80.5 Å². The van der Waals surface area contributed by atoms with Crippen LogP contribution in [0.3, 0.4) is 0 Å². The van der Waals surface area contributed by atoms with Gasteiger partial charge in [-0.25, -0.2) is 8.42 Å². The second-order valence-electron chi connectivity index (χ2n) is 7.72. The van der Waals surface area contributed by atoms with Gasteiger partial charge in [0.25, 0.3) is 0 Å². The average molecular weight is 372 g/mol. The molecule has 0 fully saturated rings. The van der Waals surface area contributed by atoms with Crippen LogP contribution in [0.15, 0.2) is 53.4 Å². The van der Waals surface area contributed by atoms with Crippen molar-refractivity contribution in [1.29, 1.82) is 0 Å². The SMILES string of the molecule is CC(C)(C)c1ccc(S(=O)(=O)N2Cc3ccccc3C[C@@H]2C(N)=O)cc1. The number of fused-ring (bicyclic) bond motifs is 1. The highest BCUT2D eigenvalue weighted by Crippen LogP contribution is 2.30. The second kappa shape index (κ2) is 6.52. The number of carbonyl (C=O) groups is 1. The van der Waals surface area contributed by atoms with Gasteiger partial charge in [0.2, 0.25) is 15.9 Å². The largest absolute Gasteiger partial charge is 0.368 e. The number of carbonyl (C=O) groups excluding carboxylic acids is 1. The van der Waals surface area contributed by atoms with Gasteiger partial charge in [0.1, 0.15) is 6.04 Å². The average Bonchev–Trinajstić information content (AvgIpc) is 2.60. The molecule has 1 atom stereocenters. The Morgan fingerprint density at radius 3 is 2.15 bits per heavy atom. The number of rotatable bonds is 3. The summed E-state index contributed by atoms with van der Waals surface area (Å²) in [5, 5.41) is 0. The predicted molar refractivity (Wildman–Crippen MR) is 101 cm³/mol. The Bertz CT molecular complexity index is 928. The van der Waals surface area contributed by atoms with Crippen molar-refractivity contribution in [2.45, 2.75) is 50.1 Å². The lowest BCUT2D eigenvalue weighted by atomic mass is 9.87. The van der Waals surface area contributed by atoms with E-state index in [1.807, 2.05) is 36.4 Å². The van der Waals surface area contributed by atoms with Crippen LogP contribution in [0.2, 0.25) is 0 Å². The van der Waals surface area contributed by atoms with E-state index < -0.39 is 22.0 Å². The zero-order valence-electron chi connectivity index (χ0n) is 15.3. The first-order valence-electron chi connectivity index (χ1n) is 8.59. The van der Waals surface area contributed by atoms with Gasteiger partial charge in [-0.15, -0.1) is 0 Å². The molecule has 0 unspecified atom stereocenters. The third kappa shape index (κ3) is 3.39. The molecule has 0 bridgehead atoms. The van der Waals surface area contributed by atoms with Crippen LogP contribution in [-0.2, 0) is 33.2 Å². The van der Waals surface area contributed by atoms with Crippen LogP contribution in [-0.4, -0.2) is 24.7 Å². The molecule has 1 amide bonds. The van der Waals surface area contributed by atoms with Crippen LogP contribution in [0.25, 0.3) is 0 Å². The summed E-state index contributed by atoms with van der Waals surface area (Å²) in [5.74, 6) is -0.630. The zero-order valence-corrected chi connectivity index (χ0v) is 16.1. The Kier molecular flexibility index (Phi) is 4.67. The number of hydrogen-bond acceptors (Lipinski definition) is 3. The maximum absolute atomic E-state index is 13.2. The molecule has 0 radical (unpaired) electrons. The van der Waals surface area contributed by atoms with Gasteiger partial charge in [-0.3, -0.25) is 4.79 Å². The van der Waals surface area contributed by atoms with E-state index in [9.17, 15) is 13.2 Å². The highest BCUT2D eigenvalue weighted by atomic mass is 32.2. The number of sulfonamides is 1. The molecule has 138 valence electrons. The van der Waals surface area contributed by atoms with E-state index in [4.69, 9.17) is 5.73 Å². The minimum absolute atomic E-state index is 0.0673. The first-order valence-corrected chi connectivity index (χ1v) is 10.0. The monoisotopic (exact) mass is 372 g/mol. The Morgan fingerprint density at radius 2 is 1.62 bits per heavy atom. The van der Waals surface area contributed by atoms with Crippen LogP contribution in [0.4, 0.5) is 0 Å². The van der Waals surface area contributed by atoms with Gasteiger partial charge in [-0.1, -0.05) is 57.2 Å². The predicted octanol–water partition coefficient (Wildman–Crippen LogP) is 2.59. The van der Waals surface area contributed by atoms with E-state index in [0.717, 1.165) is 16.7 Å². The van der Waals surface area contributed by atoms with E-state index in [1.165, 1.54) is 4.31 Å². The van der Waals surface area contributed by atoms with Crippen molar-refractivity contribution in [3.8, 4) is 0 Å². The van der Waals surface area contributed by atoms with Crippen molar-refractivity contribution in [1.82, 2.24) is 4.31 Å². The van der Waals surface area contributed by atoms with Gasteiger partial charge < -0.3 is 5.73 Å². The number of amides is 1. The third-order valence-electron chi connectivity index (χ3n) is 4.86. The quantitative estimate of drug-likeness (QED) is 0.899. The highest BCUT2D eigenvalue weighted by molar-refractivity contribution is 7.89. The van der Waals surface area contributed by atoms with Crippen LogP contribution in [0.5, 0.6) is 0 Å². The van der Waals surface area contributed by atoms with Gasteiger partial charge in [-0.05, 0) is 40.7 Å². The second-order valence-corrected chi connectivity index (χ2v) is 9.61. The molecule has 6 heteroatoms. The molecule has 5 nitrogen and oxygen atoms in total. The lowest BCUT2D eigenvalue weighted by Crippen LogP contribution is -2.51. The fourth-order valence-corrected chi connectivity index (χ4v) is 4.83. The van der Waals surface area contributed by atoms with E-state index in [1.54, 1.807) is 12.1 Å². The summed E-state index contributed by atoms with van der Waals surface area (Å²) in [6.07, 6.45) is 0.296. The number of nitrogens with two attached hydrogens (primary N) is 1. The maximum Gasteiger partial charge on any atom is 0.244 e. The standard InChI is InChI=1S/C20H24N2O3S/c1-20(2,3)16-8-10-17(11-9-16)26(24,25)22-13-15-7-5-4-6-14(15)12-18(22)19(21)23/h4-11,18H,12-13H2,1-3H3,(H2,21,23)/t18-/m1/s1. The molecule has 2 aromatic rings. The van der Waals surface area contributed by atoms with E-state index in [-0.39, 0.29) is 16.9 Å². The van der Waals surface area contributed by atoms with Gasteiger partial charge >= 0.3 is 0 Å². The minimum atomic E-state index is -3.83. The molecule has 0 saturated heterocycles. The summed E-state index contributed by atoms with van der Waals surface area (Å²) in [5.41, 5.74) is 8.37. The number of nitrogens with zero attached hydrogens (tertiary/aromatic N) is 1. The number of hydrogen-bond donors (Lipinski definition) is 1. The summed E-state index contributed by atoms with van der Waals surface area (Å²) in [7, 11) is -3.83. The highest BCUT2D eigenvalue weighted by Gasteiger charge is 2.38. The summed E-state index contributed by atoms with van der Waals surface area (Å²) < 4.78 is 27.6. The van der Waals surface area contributed by atoms with Crippen molar-refractivity contribution in [2.24, 2.45) is 5.73 Å². The first kappa shape index (κ1) is 18.6. The Morgan fingerprint density at radius 1 is 1.04 bits per heavy atom. The molecule has 1 heterocycles. The third-order valence-corrected chi connectivity index (χ3v) is 6.73. The molecule has 2 N–H and O–H groups in total. The van der Waals surface area contributed by atoms with E-state index in [0.29, 0.717) is 6.42 Å². The first-order chi connectivity index (χ1) is 12.1. The smallest absolute Gasteiger partial charge is 0.244 e. The lowest BCUT2D eigenvalue weighted by molar-refractivity contribution is -0.122. The van der Waals surface area contributed by atoms with Crippen LogP contribution in [0, 0.1) is 0 Å². The van der Waals surface area contributed by atoms with Gasteiger partial charge in [-0.2, -0.15) is 4.31 Å². The molecule has 0 aliphatic carbocycles. The van der Waals surface area contributed by atoms with E-state index >= 15 is 0 Å². The summed E-state index contributed by atoms with van der Waals surface area (Å²) >= 11 is 0. The minimum Gasteiger partial charge on any atom is -0.368 e. The van der Waals surface area contributed by atoms with Gasteiger partial charge in [0.15, 0.2) is 0 Å². The van der Waals surface area contributed by atoms with Crippen molar-refractivity contribution >= 4 is 15.9 Å². The van der Waals surface area contributed by atoms with Gasteiger partial charge in [0, 0.05) is 6.54 Å². The summed E-state index contributed by atoms with van der Waals surface area (Å²) in [6, 6.07) is 13.5. The molecule has 0 saturated carbocycles.